The summed E-state index contributed by atoms with van der Waals surface area (Å²) in [5.74, 6) is 0.747. The van der Waals surface area contributed by atoms with Crippen LogP contribution in [0.1, 0.15) is 31.2 Å². The van der Waals surface area contributed by atoms with Gasteiger partial charge in [-0.2, -0.15) is 5.10 Å². The second-order valence-electron chi connectivity index (χ2n) is 4.39. The first-order valence-electron chi connectivity index (χ1n) is 5.59. The molecule has 0 aliphatic heterocycles. The van der Waals surface area contributed by atoms with Crippen LogP contribution in [0.2, 0.25) is 0 Å². The van der Waals surface area contributed by atoms with E-state index in [1.54, 1.807) is 0 Å². The lowest BCUT2D eigenvalue weighted by molar-refractivity contribution is 0.560. The Balaban J connectivity index is 2.15. The highest BCUT2D eigenvalue weighted by molar-refractivity contribution is 9.10. The maximum absolute atomic E-state index is 6.14. The Morgan fingerprint density at radius 3 is 2.73 bits per heavy atom. The quantitative estimate of drug-likeness (QED) is 0.911. The Hall–Kier alpha value is -0.350. The molecule has 1 unspecified atom stereocenters. The minimum Gasteiger partial charge on any atom is -0.327 e. The molecule has 1 aromatic heterocycles. The number of hydrogen-bond donors (Lipinski definition) is 1. The van der Waals surface area contributed by atoms with Crippen LogP contribution in [0.5, 0.6) is 0 Å². The maximum atomic E-state index is 6.14. The van der Waals surface area contributed by atoms with Crippen LogP contribution in [0.4, 0.5) is 0 Å². The molecule has 0 aromatic carbocycles. The number of nitrogens with zero attached hydrogens (tertiary/aromatic N) is 2. The molecule has 1 aliphatic carbocycles. The molecule has 15 heavy (non-hydrogen) atoms. The normalized spacial score (nSPS) is 18.1. The lowest BCUT2D eigenvalue weighted by atomic mass is 10.1. The highest BCUT2D eigenvalue weighted by Gasteiger charge is 2.29. The summed E-state index contributed by atoms with van der Waals surface area (Å²) in [5, 5.41) is 4.48. The smallest absolute Gasteiger partial charge is 0.0766 e. The summed E-state index contributed by atoms with van der Waals surface area (Å²) in [6, 6.07) is 0.307. The van der Waals surface area contributed by atoms with Crippen LogP contribution in [0.15, 0.2) is 4.47 Å². The van der Waals surface area contributed by atoms with Crippen LogP contribution in [0.3, 0.4) is 0 Å². The van der Waals surface area contributed by atoms with Crippen molar-refractivity contribution in [1.29, 1.82) is 0 Å². The third-order valence-electron chi connectivity index (χ3n) is 3.16. The molecule has 1 aromatic rings. The molecule has 0 amide bonds. The first-order valence-corrected chi connectivity index (χ1v) is 6.38. The molecule has 1 saturated carbocycles. The number of aryl methyl sites for hydroxylation is 2. The van der Waals surface area contributed by atoms with Gasteiger partial charge in [0.2, 0.25) is 0 Å². The second-order valence-corrected chi connectivity index (χ2v) is 5.18. The molecule has 0 radical (unpaired) electrons. The van der Waals surface area contributed by atoms with Crippen LogP contribution in [0.25, 0.3) is 0 Å². The average Bonchev–Trinajstić information content (AvgIpc) is 3.00. The van der Waals surface area contributed by atoms with Crippen molar-refractivity contribution in [1.82, 2.24) is 9.78 Å². The number of rotatable bonds is 4. The first-order chi connectivity index (χ1) is 7.13. The van der Waals surface area contributed by atoms with Crippen LogP contribution < -0.4 is 5.73 Å². The summed E-state index contributed by atoms with van der Waals surface area (Å²) < 4.78 is 3.12. The molecular weight excluding hydrogens is 254 g/mol. The van der Waals surface area contributed by atoms with Crippen LogP contribution in [-0.2, 0) is 19.9 Å². The molecule has 2 N–H and O–H groups in total. The molecule has 0 bridgehead atoms. The Kier molecular flexibility index (Phi) is 3.16. The van der Waals surface area contributed by atoms with E-state index in [2.05, 4.69) is 28.0 Å². The topological polar surface area (TPSA) is 43.8 Å². The largest absolute Gasteiger partial charge is 0.327 e. The van der Waals surface area contributed by atoms with Gasteiger partial charge < -0.3 is 5.73 Å². The first kappa shape index (κ1) is 11.1. The van der Waals surface area contributed by atoms with E-state index in [9.17, 15) is 0 Å². The third-order valence-corrected chi connectivity index (χ3v) is 4.07. The van der Waals surface area contributed by atoms with Gasteiger partial charge in [-0.15, -0.1) is 0 Å². The van der Waals surface area contributed by atoms with Gasteiger partial charge in [0.15, 0.2) is 0 Å². The molecule has 0 saturated heterocycles. The molecule has 1 fully saturated rings. The van der Waals surface area contributed by atoms with E-state index in [0.29, 0.717) is 6.04 Å². The van der Waals surface area contributed by atoms with E-state index in [4.69, 9.17) is 5.73 Å². The summed E-state index contributed by atoms with van der Waals surface area (Å²) in [5.41, 5.74) is 8.51. The van der Waals surface area contributed by atoms with E-state index in [1.165, 1.54) is 18.5 Å². The second kappa shape index (κ2) is 4.26. The summed E-state index contributed by atoms with van der Waals surface area (Å²) in [6.07, 6.45) is 4.51. The van der Waals surface area contributed by atoms with E-state index in [-0.39, 0.29) is 0 Å². The Morgan fingerprint density at radius 1 is 1.60 bits per heavy atom. The van der Waals surface area contributed by atoms with E-state index < -0.39 is 0 Å². The van der Waals surface area contributed by atoms with E-state index in [0.717, 1.165) is 28.9 Å². The fourth-order valence-electron chi connectivity index (χ4n) is 1.96. The van der Waals surface area contributed by atoms with Crippen molar-refractivity contribution in [3.05, 3.63) is 15.9 Å². The third kappa shape index (κ3) is 2.26. The molecule has 2 rings (SSSR count). The summed E-state index contributed by atoms with van der Waals surface area (Å²) >= 11 is 3.62. The molecule has 3 nitrogen and oxygen atoms in total. The highest BCUT2D eigenvalue weighted by Crippen LogP contribution is 2.34. The van der Waals surface area contributed by atoms with Gasteiger partial charge in [0, 0.05) is 19.5 Å². The van der Waals surface area contributed by atoms with Crippen LogP contribution in [-0.4, -0.2) is 15.8 Å². The van der Waals surface area contributed by atoms with Gasteiger partial charge >= 0.3 is 0 Å². The zero-order chi connectivity index (χ0) is 11.0. The van der Waals surface area contributed by atoms with Crippen molar-refractivity contribution < 1.29 is 0 Å². The number of nitrogens with two attached hydrogens (primary N) is 1. The predicted molar refractivity (Wildman–Crippen MR) is 64.7 cm³/mol. The van der Waals surface area contributed by atoms with Gasteiger partial charge in [-0.1, -0.05) is 6.92 Å². The van der Waals surface area contributed by atoms with Gasteiger partial charge in [-0.25, -0.2) is 0 Å². The van der Waals surface area contributed by atoms with Gasteiger partial charge in [-0.05, 0) is 41.1 Å². The minimum absolute atomic E-state index is 0.307. The van der Waals surface area contributed by atoms with Crippen LogP contribution >= 0.6 is 15.9 Å². The van der Waals surface area contributed by atoms with Crippen molar-refractivity contribution >= 4 is 15.9 Å². The van der Waals surface area contributed by atoms with Crippen molar-refractivity contribution in [3.8, 4) is 0 Å². The summed E-state index contributed by atoms with van der Waals surface area (Å²) in [6.45, 7) is 2.12. The van der Waals surface area contributed by atoms with Gasteiger partial charge in [-0.3, -0.25) is 4.68 Å². The van der Waals surface area contributed by atoms with Crippen molar-refractivity contribution in [2.75, 3.05) is 0 Å². The highest BCUT2D eigenvalue weighted by atomic mass is 79.9. The summed E-state index contributed by atoms with van der Waals surface area (Å²) in [4.78, 5) is 0. The zero-order valence-corrected chi connectivity index (χ0v) is 10.9. The lowest BCUT2D eigenvalue weighted by Gasteiger charge is -2.10. The van der Waals surface area contributed by atoms with Crippen molar-refractivity contribution in [2.45, 2.75) is 38.6 Å². The van der Waals surface area contributed by atoms with Gasteiger partial charge in [0.25, 0.3) is 0 Å². The fraction of sp³-hybridized carbons (Fsp3) is 0.727. The van der Waals surface area contributed by atoms with Gasteiger partial charge in [0.05, 0.1) is 15.9 Å². The standard InChI is InChI=1S/C11H18BrN3/c1-3-9-11(12)10(15(2)14-9)6-8(13)7-4-5-7/h7-8H,3-6,13H2,1-2H3. The van der Waals surface area contributed by atoms with Crippen molar-refractivity contribution in [2.24, 2.45) is 18.7 Å². The Labute approximate surface area is 99.2 Å². The zero-order valence-electron chi connectivity index (χ0n) is 9.33. The van der Waals surface area contributed by atoms with Crippen LogP contribution in [0, 0.1) is 5.92 Å². The maximum Gasteiger partial charge on any atom is 0.0766 e. The molecule has 1 heterocycles. The molecule has 1 aliphatic rings. The molecular formula is C11H18BrN3. The average molecular weight is 272 g/mol. The Morgan fingerprint density at radius 2 is 2.27 bits per heavy atom. The fourth-order valence-corrected chi connectivity index (χ4v) is 2.73. The summed E-state index contributed by atoms with van der Waals surface area (Å²) in [7, 11) is 2.00. The number of aromatic nitrogens is 2. The lowest BCUT2D eigenvalue weighted by Crippen LogP contribution is -2.26. The number of hydrogen-bond acceptors (Lipinski definition) is 2. The number of halogens is 1. The molecule has 1 atom stereocenters. The SMILES string of the molecule is CCc1nn(C)c(CC(N)C2CC2)c1Br. The monoisotopic (exact) mass is 271 g/mol. The molecule has 84 valence electrons. The van der Waals surface area contributed by atoms with Crippen molar-refractivity contribution in [3.63, 3.8) is 0 Å². The molecule has 0 spiro atoms. The Bertz CT molecular complexity index is 355. The minimum atomic E-state index is 0.307. The molecule has 4 heteroatoms. The van der Waals surface area contributed by atoms with E-state index in [1.807, 2.05) is 11.7 Å². The van der Waals surface area contributed by atoms with E-state index >= 15 is 0 Å². The predicted octanol–water partition coefficient (Wildman–Crippen LogP) is 2.02. The van der Waals surface area contributed by atoms with Gasteiger partial charge in [0.1, 0.15) is 0 Å².